The summed E-state index contributed by atoms with van der Waals surface area (Å²) in [7, 11) is 1.57. The molecule has 0 radical (unpaired) electrons. The maximum atomic E-state index is 11.7. The van der Waals surface area contributed by atoms with E-state index in [-0.39, 0.29) is 29.8 Å². The summed E-state index contributed by atoms with van der Waals surface area (Å²) in [6, 6.07) is 8.58. The molecule has 0 aliphatic carbocycles. The van der Waals surface area contributed by atoms with Crippen LogP contribution in [0.2, 0.25) is 0 Å². The highest BCUT2D eigenvalue weighted by atomic mass is 35.5. The van der Waals surface area contributed by atoms with E-state index in [9.17, 15) is 4.79 Å². The molecule has 0 aromatic heterocycles. The molecule has 3 N–H and O–H groups in total. The van der Waals surface area contributed by atoms with Crippen LogP contribution in [0, 0.1) is 0 Å². The fourth-order valence-electron chi connectivity index (χ4n) is 2.06. The van der Waals surface area contributed by atoms with Gasteiger partial charge in [0, 0.05) is 20.2 Å². The number of hydrogen-bond acceptors (Lipinski definition) is 3. The van der Waals surface area contributed by atoms with Crippen molar-refractivity contribution >= 4 is 18.3 Å². The quantitative estimate of drug-likeness (QED) is 0.808. The first-order valence-electron chi connectivity index (χ1n) is 7.45. The smallest absolute Gasteiger partial charge is 0.222 e. The number of rotatable bonds is 7. The van der Waals surface area contributed by atoms with E-state index < -0.39 is 0 Å². The van der Waals surface area contributed by atoms with Gasteiger partial charge in [-0.1, -0.05) is 45.0 Å². The molecule has 0 saturated carbocycles. The molecule has 1 aromatic carbocycles. The van der Waals surface area contributed by atoms with Crippen molar-refractivity contribution in [2.24, 2.45) is 5.73 Å². The molecule has 1 rings (SSSR count). The Bertz CT molecular complexity index is 437. The molecule has 0 fully saturated rings. The lowest BCUT2D eigenvalue weighted by molar-refractivity contribution is -0.123. The Hall–Kier alpha value is -1.10. The van der Waals surface area contributed by atoms with Gasteiger partial charge in [0.25, 0.3) is 0 Å². The van der Waals surface area contributed by atoms with Crippen LogP contribution in [0.3, 0.4) is 0 Å². The van der Waals surface area contributed by atoms with E-state index in [2.05, 4.69) is 50.4 Å². The van der Waals surface area contributed by atoms with Gasteiger partial charge in [-0.25, -0.2) is 0 Å². The molecule has 0 saturated heterocycles. The van der Waals surface area contributed by atoms with E-state index in [1.165, 1.54) is 11.1 Å². The maximum absolute atomic E-state index is 11.7. The van der Waals surface area contributed by atoms with E-state index >= 15 is 0 Å². The van der Waals surface area contributed by atoms with Crippen LogP contribution >= 0.6 is 12.4 Å². The van der Waals surface area contributed by atoms with E-state index in [1.807, 2.05) is 0 Å². The van der Waals surface area contributed by atoms with Crippen molar-refractivity contribution in [3.8, 4) is 0 Å². The zero-order chi connectivity index (χ0) is 15.9. The highest BCUT2D eigenvalue weighted by Crippen LogP contribution is 2.22. The third-order valence-electron chi connectivity index (χ3n) is 3.57. The van der Waals surface area contributed by atoms with Gasteiger partial charge in [0.2, 0.25) is 5.91 Å². The van der Waals surface area contributed by atoms with Gasteiger partial charge in [0.15, 0.2) is 0 Å². The van der Waals surface area contributed by atoms with Crippen LogP contribution < -0.4 is 11.1 Å². The summed E-state index contributed by atoms with van der Waals surface area (Å²) in [6.45, 7) is 7.59. The Balaban J connectivity index is 0.00000441. The van der Waals surface area contributed by atoms with Crippen LogP contribution in [0.5, 0.6) is 0 Å². The molecular formula is C17H29ClN2O2. The minimum Gasteiger partial charge on any atom is -0.380 e. The summed E-state index contributed by atoms with van der Waals surface area (Å²) in [5.41, 5.74) is 8.21. The number of halogens is 1. The molecule has 1 amide bonds. The van der Waals surface area contributed by atoms with E-state index in [0.717, 1.165) is 6.42 Å². The predicted octanol–water partition coefficient (Wildman–Crippen LogP) is 2.43. The first-order valence-corrected chi connectivity index (χ1v) is 7.45. The number of nitrogens with one attached hydrogen (secondary N) is 1. The van der Waals surface area contributed by atoms with Gasteiger partial charge in [-0.05, 0) is 23.0 Å². The zero-order valence-corrected chi connectivity index (χ0v) is 14.8. The van der Waals surface area contributed by atoms with Gasteiger partial charge in [-0.2, -0.15) is 0 Å². The Morgan fingerprint density at radius 2 is 1.86 bits per heavy atom. The topological polar surface area (TPSA) is 64.3 Å². The normalized spacial score (nSPS) is 12.4. The molecule has 4 nitrogen and oxygen atoms in total. The van der Waals surface area contributed by atoms with Gasteiger partial charge < -0.3 is 15.8 Å². The number of nitrogens with two attached hydrogens (primary N) is 1. The zero-order valence-electron chi connectivity index (χ0n) is 14.0. The van der Waals surface area contributed by atoms with Crippen LogP contribution in [-0.2, 0) is 21.4 Å². The molecular weight excluding hydrogens is 300 g/mol. The largest absolute Gasteiger partial charge is 0.380 e. The van der Waals surface area contributed by atoms with Crippen molar-refractivity contribution in [1.29, 1.82) is 0 Å². The molecule has 126 valence electrons. The monoisotopic (exact) mass is 328 g/mol. The fraction of sp³-hybridized carbons (Fsp3) is 0.588. The summed E-state index contributed by atoms with van der Waals surface area (Å²) < 4.78 is 5.09. The second kappa shape index (κ2) is 9.82. The van der Waals surface area contributed by atoms with Gasteiger partial charge in [0.05, 0.1) is 12.5 Å². The molecule has 0 heterocycles. The number of amides is 1. The van der Waals surface area contributed by atoms with Crippen LogP contribution in [0.25, 0.3) is 0 Å². The Morgan fingerprint density at radius 3 is 2.32 bits per heavy atom. The molecule has 5 heteroatoms. The number of hydrogen-bond donors (Lipinski definition) is 2. The molecule has 0 spiro atoms. The first kappa shape index (κ1) is 20.9. The summed E-state index contributed by atoms with van der Waals surface area (Å²) >= 11 is 0. The minimum atomic E-state index is -0.198. The summed E-state index contributed by atoms with van der Waals surface area (Å²) in [4.78, 5) is 11.7. The first-order chi connectivity index (χ1) is 9.86. The number of carbonyl (C=O) groups excluding carboxylic acids is 1. The second-order valence-corrected chi connectivity index (χ2v) is 6.34. The molecule has 22 heavy (non-hydrogen) atoms. The van der Waals surface area contributed by atoms with Crippen molar-refractivity contribution in [3.05, 3.63) is 35.4 Å². The van der Waals surface area contributed by atoms with Gasteiger partial charge in [-0.3, -0.25) is 4.79 Å². The highest BCUT2D eigenvalue weighted by Gasteiger charge is 2.13. The SMILES string of the molecule is COC(CN)CC(=O)NCCc1ccc(C(C)(C)C)cc1.Cl. The molecule has 1 unspecified atom stereocenters. The standard InChI is InChI=1S/C17H28N2O2.ClH/c1-17(2,3)14-7-5-13(6-8-14)9-10-19-16(20)11-15(12-18)21-4;/h5-8,15H,9-12,18H2,1-4H3,(H,19,20);1H. The minimum absolute atomic E-state index is 0. The lowest BCUT2D eigenvalue weighted by Gasteiger charge is -2.19. The van der Waals surface area contributed by atoms with E-state index in [4.69, 9.17) is 10.5 Å². The van der Waals surface area contributed by atoms with Crippen LogP contribution in [0.4, 0.5) is 0 Å². The lowest BCUT2D eigenvalue weighted by atomic mass is 9.86. The van der Waals surface area contributed by atoms with Crippen LogP contribution in [-0.4, -0.2) is 32.2 Å². The third-order valence-corrected chi connectivity index (χ3v) is 3.57. The van der Waals surface area contributed by atoms with Gasteiger partial charge in [-0.15, -0.1) is 12.4 Å². The second-order valence-electron chi connectivity index (χ2n) is 6.34. The van der Waals surface area contributed by atoms with Crippen molar-refractivity contribution in [2.75, 3.05) is 20.2 Å². The predicted molar refractivity (Wildman–Crippen MR) is 93.6 cm³/mol. The molecule has 0 aliphatic heterocycles. The maximum Gasteiger partial charge on any atom is 0.222 e. The average molecular weight is 329 g/mol. The van der Waals surface area contributed by atoms with Crippen LogP contribution in [0.1, 0.15) is 38.3 Å². The van der Waals surface area contributed by atoms with Crippen molar-refractivity contribution in [3.63, 3.8) is 0 Å². The lowest BCUT2D eigenvalue weighted by Crippen LogP contribution is -2.33. The molecule has 1 aromatic rings. The number of ether oxygens (including phenoxy) is 1. The Morgan fingerprint density at radius 1 is 1.27 bits per heavy atom. The van der Waals surface area contributed by atoms with Gasteiger partial charge >= 0.3 is 0 Å². The van der Waals surface area contributed by atoms with E-state index in [1.54, 1.807) is 7.11 Å². The summed E-state index contributed by atoms with van der Waals surface area (Å²) in [6.07, 6.45) is 0.947. The van der Waals surface area contributed by atoms with E-state index in [0.29, 0.717) is 19.5 Å². The Labute approximate surface area is 140 Å². The fourth-order valence-corrected chi connectivity index (χ4v) is 2.06. The van der Waals surface area contributed by atoms with Crippen molar-refractivity contribution in [1.82, 2.24) is 5.32 Å². The van der Waals surface area contributed by atoms with Gasteiger partial charge in [0.1, 0.15) is 0 Å². The number of methoxy groups -OCH3 is 1. The molecule has 0 aliphatic rings. The highest BCUT2D eigenvalue weighted by molar-refractivity contribution is 5.85. The summed E-state index contributed by atoms with van der Waals surface area (Å²) in [5.74, 6) is -0.0152. The molecule has 0 bridgehead atoms. The summed E-state index contributed by atoms with van der Waals surface area (Å²) in [5, 5.41) is 2.90. The Kier molecular flexibility index (Phi) is 9.33. The van der Waals surface area contributed by atoms with Crippen LogP contribution in [0.15, 0.2) is 24.3 Å². The third kappa shape index (κ3) is 7.25. The average Bonchev–Trinajstić information content (AvgIpc) is 2.44. The molecule has 1 atom stereocenters. The number of benzene rings is 1. The van der Waals surface area contributed by atoms with Crippen molar-refractivity contribution < 1.29 is 9.53 Å². The van der Waals surface area contributed by atoms with Crippen molar-refractivity contribution in [2.45, 2.75) is 45.1 Å². The number of carbonyl (C=O) groups is 1.